The standard InChI is InChI=1S/C19H19P.ClH/c1-20(17-11-5-2-6-12-17,18-13-7-3-8-14-18)19-15-9-4-10-16-19;/h2-16,20H,1H3;1H. The van der Waals surface area contributed by atoms with Gasteiger partial charge in [-0.15, -0.1) is 12.4 Å². The minimum absolute atomic E-state index is 0. The van der Waals surface area contributed by atoms with Gasteiger partial charge in [-0.05, 0) is 0 Å². The first-order chi connectivity index (χ1) is 9.82. The third kappa shape index (κ3) is 3.02. The van der Waals surface area contributed by atoms with Crippen LogP contribution in [0.2, 0.25) is 0 Å². The van der Waals surface area contributed by atoms with Gasteiger partial charge < -0.3 is 0 Å². The second-order valence-corrected chi connectivity index (χ2v) is 9.21. The third-order valence-corrected chi connectivity index (χ3v) is 8.52. The van der Waals surface area contributed by atoms with E-state index in [-0.39, 0.29) is 12.4 Å². The Hall–Kier alpha value is -1.62. The van der Waals surface area contributed by atoms with Crippen LogP contribution in [0.25, 0.3) is 0 Å². The SMILES string of the molecule is C[PH](c1ccccc1)(c1ccccc1)c1ccccc1.Cl. The molecule has 108 valence electrons. The van der Waals surface area contributed by atoms with Crippen LogP contribution in [-0.4, -0.2) is 6.66 Å². The Kier molecular flexibility index (Phi) is 5.17. The summed E-state index contributed by atoms with van der Waals surface area (Å²) in [6.45, 7) is 2.44. The number of hydrogen-bond acceptors (Lipinski definition) is 0. The minimum atomic E-state index is -1.88. The predicted octanol–water partition coefficient (Wildman–Crippen LogP) is 3.76. The molecule has 0 aliphatic heterocycles. The molecule has 0 atom stereocenters. The van der Waals surface area contributed by atoms with Crippen LogP contribution in [0.4, 0.5) is 0 Å². The van der Waals surface area contributed by atoms with E-state index in [1.54, 1.807) is 0 Å². The fourth-order valence-corrected chi connectivity index (χ4v) is 6.39. The predicted molar refractivity (Wildman–Crippen MR) is 99.7 cm³/mol. The molecule has 0 saturated heterocycles. The second-order valence-electron chi connectivity index (χ2n) is 5.22. The van der Waals surface area contributed by atoms with E-state index in [0.29, 0.717) is 0 Å². The van der Waals surface area contributed by atoms with Crippen molar-refractivity contribution in [3.8, 4) is 0 Å². The molecule has 0 fully saturated rings. The Balaban J connectivity index is 0.00000161. The molecule has 21 heavy (non-hydrogen) atoms. The van der Waals surface area contributed by atoms with Crippen molar-refractivity contribution >= 4 is 35.6 Å². The zero-order valence-electron chi connectivity index (χ0n) is 12.1. The van der Waals surface area contributed by atoms with Crippen LogP contribution in [0, 0.1) is 0 Å². The van der Waals surface area contributed by atoms with Crippen molar-refractivity contribution in [1.82, 2.24) is 0 Å². The molecule has 0 N–H and O–H groups in total. The Morgan fingerprint density at radius 1 is 0.476 bits per heavy atom. The van der Waals surface area contributed by atoms with Crippen LogP contribution in [0.1, 0.15) is 0 Å². The van der Waals surface area contributed by atoms with Gasteiger partial charge in [0.2, 0.25) is 0 Å². The molecular weight excluding hydrogens is 295 g/mol. The first-order valence-electron chi connectivity index (χ1n) is 6.98. The van der Waals surface area contributed by atoms with Crippen LogP contribution in [-0.2, 0) is 0 Å². The van der Waals surface area contributed by atoms with E-state index in [4.69, 9.17) is 0 Å². The molecular formula is C19H20ClP. The summed E-state index contributed by atoms with van der Waals surface area (Å²) in [7, 11) is -1.88. The van der Waals surface area contributed by atoms with Crippen molar-refractivity contribution in [2.75, 3.05) is 6.66 Å². The van der Waals surface area contributed by atoms with Crippen LogP contribution in [0.15, 0.2) is 91.0 Å². The maximum absolute atomic E-state index is 2.44. The van der Waals surface area contributed by atoms with Gasteiger partial charge in [-0.1, -0.05) is 0 Å². The summed E-state index contributed by atoms with van der Waals surface area (Å²) in [4.78, 5) is 0. The van der Waals surface area contributed by atoms with Gasteiger partial charge in [-0.3, -0.25) is 0 Å². The molecule has 0 amide bonds. The van der Waals surface area contributed by atoms with E-state index in [9.17, 15) is 0 Å². The Labute approximate surface area is 133 Å². The van der Waals surface area contributed by atoms with E-state index in [2.05, 4.69) is 97.7 Å². The fraction of sp³-hybridized carbons (Fsp3) is 0.0526. The molecule has 3 aromatic carbocycles. The van der Waals surface area contributed by atoms with E-state index >= 15 is 0 Å². The maximum Gasteiger partial charge on any atom is -0.147 e. The summed E-state index contributed by atoms with van der Waals surface area (Å²) in [5, 5.41) is 4.37. The van der Waals surface area contributed by atoms with Crippen molar-refractivity contribution in [3.05, 3.63) is 91.0 Å². The summed E-state index contributed by atoms with van der Waals surface area (Å²) in [5.41, 5.74) is 0. The van der Waals surface area contributed by atoms with Crippen LogP contribution in [0.5, 0.6) is 0 Å². The number of benzene rings is 3. The number of hydrogen-bond donors (Lipinski definition) is 0. The second kappa shape index (κ2) is 6.89. The molecule has 3 aromatic rings. The zero-order chi connectivity index (χ0) is 13.8. The zero-order valence-corrected chi connectivity index (χ0v) is 13.9. The Morgan fingerprint density at radius 3 is 0.952 bits per heavy atom. The van der Waals surface area contributed by atoms with E-state index in [1.807, 2.05) is 0 Å². The van der Waals surface area contributed by atoms with Gasteiger partial charge in [0.25, 0.3) is 0 Å². The average molecular weight is 315 g/mol. The van der Waals surface area contributed by atoms with Gasteiger partial charge in [0, 0.05) is 0 Å². The minimum Gasteiger partial charge on any atom is -0.147 e. The van der Waals surface area contributed by atoms with Crippen LogP contribution in [0.3, 0.4) is 0 Å². The Bertz CT molecular complexity index is 569. The maximum atomic E-state index is 2.44. The topological polar surface area (TPSA) is 0 Å². The Morgan fingerprint density at radius 2 is 0.714 bits per heavy atom. The van der Waals surface area contributed by atoms with Gasteiger partial charge in [0.1, 0.15) is 0 Å². The van der Waals surface area contributed by atoms with Gasteiger partial charge >= 0.3 is 121 Å². The van der Waals surface area contributed by atoms with Crippen molar-refractivity contribution in [3.63, 3.8) is 0 Å². The summed E-state index contributed by atoms with van der Waals surface area (Å²) < 4.78 is 0. The molecule has 0 heterocycles. The molecule has 0 nitrogen and oxygen atoms in total. The molecule has 3 rings (SSSR count). The van der Waals surface area contributed by atoms with Crippen molar-refractivity contribution in [2.24, 2.45) is 0 Å². The molecule has 0 spiro atoms. The summed E-state index contributed by atoms with van der Waals surface area (Å²) >= 11 is 0. The molecule has 0 saturated carbocycles. The molecule has 0 aliphatic rings. The van der Waals surface area contributed by atoms with E-state index in [0.717, 1.165) is 0 Å². The van der Waals surface area contributed by atoms with Gasteiger partial charge in [0.15, 0.2) is 0 Å². The molecule has 0 bridgehead atoms. The van der Waals surface area contributed by atoms with Crippen molar-refractivity contribution in [1.29, 1.82) is 0 Å². The number of halogens is 1. The summed E-state index contributed by atoms with van der Waals surface area (Å²) in [5.74, 6) is 0. The molecule has 0 radical (unpaired) electrons. The van der Waals surface area contributed by atoms with Gasteiger partial charge in [-0.2, -0.15) is 0 Å². The molecule has 0 aliphatic carbocycles. The summed E-state index contributed by atoms with van der Waals surface area (Å²) in [6, 6.07) is 32.8. The van der Waals surface area contributed by atoms with E-state index in [1.165, 1.54) is 15.9 Å². The fourth-order valence-electron chi connectivity index (χ4n) is 2.81. The largest absolute Gasteiger partial charge is 0.147 e. The monoisotopic (exact) mass is 314 g/mol. The summed E-state index contributed by atoms with van der Waals surface area (Å²) in [6.07, 6.45) is 0. The molecule has 2 heteroatoms. The first-order valence-corrected chi connectivity index (χ1v) is 9.48. The smallest absolute Gasteiger partial charge is 0.147 e. The van der Waals surface area contributed by atoms with E-state index < -0.39 is 7.26 Å². The molecule has 0 unspecified atom stereocenters. The van der Waals surface area contributed by atoms with Gasteiger partial charge in [-0.25, -0.2) is 0 Å². The number of rotatable bonds is 3. The van der Waals surface area contributed by atoms with Gasteiger partial charge in [0.05, 0.1) is 0 Å². The van der Waals surface area contributed by atoms with Crippen LogP contribution >= 0.6 is 19.7 Å². The average Bonchev–Trinajstić information content (AvgIpc) is 2.56. The third-order valence-electron chi connectivity index (χ3n) is 4.05. The quantitative estimate of drug-likeness (QED) is 0.646. The first kappa shape index (κ1) is 15.8. The van der Waals surface area contributed by atoms with Crippen LogP contribution < -0.4 is 15.9 Å². The molecule has 0 aromatic heterocycles. The van der Waals surface area contributed by atoms with Crippen molar-refractivity contribution < 1.29 is 0 Å². The van der Waals surface area contributed by atoms with Crippen molar-refractivity contribution in [2.45, 2.75) is 0 Å². The normalized spacial score (nSPS) is 11.5.